The first-order chi connectivity index (χ1) is 25.7. The van der Waals surface area contributed by atoms with Crippen molar-refractivity contribution in [3.63, 3.8) is 0 Å². The zero-order chi connectivity index (χ0) is 35.3. The molecule has 254 valence electrons. The summed E-state index contributed by atoms with van der Waals surface area (Å²) in [5.41, 5.74) is 8.13. The number of hydrogen-bond donors (Lipinski definition) is 0. The lowest BCUT2D eigenvalue weighted by molar-refractivity contribution is 0.309. The Morgan fingerprint density at radius 3 is 1.83 bits per heavy atom. The third-order valence-electron chi connectivity index (χ3n) is 9.51. The van der Waals surface area contributed by atoms with E-state index in [9.17, 15) is 0 Å². The summed E-state index contributed by atoms with van der Waals surface area (Å²) >= 11 is 0. The second kappa shape index (κ2) is 14.3. The number of methoxy groups -OCH3 is 1. The van der Waals surface area contributed by atoms with Crippen molar-refractivity contribution in [1.82, 2.24) is 25.2 Å². The van der Waals surface area contributed by atoms with Gasteiger partial charge in [0.2, 0.25) is 5.82 Å². The van der Waals surface area contributed by atoms with Crippen molar-refractivity contribution in [3.8, 4) is 34.0 Å². The lowest BCUT2D eigenvalue weighted by Gasteiger charge is -2.34. The molecule has 8 aromatic rings. The van der Waals surface area contributed by atoms with E-state index in [0.717, 1.165) is 73.5 Å². The predicted octanol–water partition coefficient (Wildman–Crippen LogP) is 9.55. The number of benzene rings is 6. The summed E-state index contributed by atoms with van der Waals surface area (Å²) in [6, 6.07) is 55.7. The van der Waals surface area contributed by atoms with Crippen LogP contribution in [-0.2, 0) is 18.6 Å². The molecule has 8 rings (SSSR count). The zero-order valence-corrected chi connectivity index (χ0v) is 29.1. The molecule has 6 aromatic carbocycles. The Kier molecular flexibility index (Phi) is 8.98. The van der Waals surface area contributed by atoms with Gasteiger partial charge in [0.25, 0.3) is 0 Å². The van der Waals surface area contributed by atoms with E-state index in [1.807, 2.05) is 54.6 Å². The molecule has 0 aliphatic rings. The fourth-order valence-corrected chi connectivity index (χ4v) is 6.87. The fourth-order valence-electron chi connectivity index (χ4n) is 6.87. The Labute approximate surface area is 303 Å². The Morgan fingerprint density at radius 2 is 1.23 bits per heavy atom. The fraction of sp³-hybridized carbons (Fsp3) is 0.111. The van der Waals surface area contributed by atoms with E-state index in [0.29, 0.717) is 12.4 Å². The van der Waals surface area contributed by atoms with Crippen LogP contribution < -0.4 is 9.47 Å². The molecular formula is C45H37N5O2. The number of hydrogen-bond acceptors (Lipinski definition) is 6. The number of nitrogens with zero attached hydrogens (tertiary/aromatic N) is 5. The van der Waals surface area contributed by atoms with Crippen molar-refractivity contribution in [2.45, 2.75) is 25.5 Å². The van der Waals surface area contributed by atoms with Crippen LogP contribution in [0.5, 0.6) is 11.5 Å². The summed E-state index contributed by atoms with van der Waals surface area (Å²) in [4.78, 5) is 6.54. The average Bonchev–Trinajstić information content (AvgIpc) is 3.72. The highest BCUT2D eigenvalue weighted by atomic mass is 16.5. The molecule has 0 atom stereocenters. The molecule has 52 heavy (non-hydrogen) atoms. The standard InChI is InChI=1S/C45H37N5O2/c1-3-37-29-43(41-30-38(51-2)27-28-42(41)46-37)52-31-32-23-25-33(26-24-32)39-21-13-14-22-40(39)44-47-49-50(48-44)45(34-15-7-4-8-16-34,35-17-9-5-10-18-35)36-19-11-6-12-20-36/h4-30H,3,31H2,1-2H3. The van der Waals surface area contributed by atoms with Crippen LogP contribution in [0.15, 0.2) is 164 Å². The average molecular weight is 680 g/mol. The van der Waals surface area contributed by atoms with Crippen LogP contribution in [0, 0.1) is 0 Å². The molecule has 0 saturated carbocycles. The van der Waals surface area contributed by atoms with Gasteiger partial charge in [-0.2, -0.15) is 0 Å². The van der Waals surface area contributed by atoms with Gasteiger partial charge >= 0.3 is 0 Å². The van der Waals surface area contributed by atoms with Gasteiger partial charge < -0.3 is 9.47 Å². The van der Waals surface area contributed by atoms with Crippen LogP contribution >= 0.6 is 0 Å². The van der Waals surface area contributed by atoms with Crippen molar-refractivity contribution in [2.24, 2.45) is 0 Å². The highest BCUT2D eigenvalue weighted by Gasteiger charge is 2.41. The first-order valence-electron chi connectivity index (χ1n) is 17.4. The molecule has 0 spiro atoms. The first-order valence-corrected chi connectivity index (χ1v) is 17.4. The van der Waals surface area contributed by atoms with Crippen molar-refractivity contribution < 1.29 is 9.47 Å². The summed E-state index contributed by atoms with van der Waals surface area (Å²) in [6.07, 6.45) is 0.820. The lowest BCUT2D eigenvalue weighted by atomic mass is 9.77. The quantitative estimate of drug-likeness (QED) is 0.127. The monoisotopic (exact) mass is 679 g/mol. The number of fused-ring (bicyclic) bond motifs is 1. The molecule has 7 nitrogen and oxygen atoms in total. The molecule has 0 saturated heterocycles. The summed E-state index contributed by atoms with van der Waals surface area (Å²) in [5.74, 6) is 2.11. The van der Waals surface area contributed by atoms with Gasteiger partial charge in [0.15, 0.2) is 5.54 Å². The number of rotatable bonds is 11. The normalized spacial score (nSPS) is 11.4. The molecule has 0 N–H and O–H groups in total. The van der Waals surface area contributed by atoms with Crippen molar-refractivity contribution in [3.05, 3.63) is 192 Å². The topological polar surface area (TPSA) is 75.0 Å². The van der Waals surface area contributed by atoms with Crippen molar-refractivity contribution in [2.75, 3.05) is 7.11 Å². The number of tetrazole rings is 1. The molecule has 2 aromatic heterocycles. The molecule has 0 radical (unpaired) electrons. The minimum atomic E-state index is -0.852. The van der Waals surface area contributed by atoms with E-state index >= 15 is 0 Å². The second-order valence-electron chi connectivity index (χ2n) is 12.6. The molecule has 0 aliphatic carbocycles. The molecule has 0 unspecified atom stereocenters. The zero-order valence-electron chi connectivity index (χ0n) is 29.1. The predicted molar refractivity (Wildman–Crippen MR) is 205 cm³/mol. The van der Waals surface area contributed by atoms with Crippen LogP contribution in [0.3, 0.4) is 0 Å². The van der Waals surface area contributed by atoms with E-state index in [-0.39, 0.29) is 0 Å². The Hall–Kier alpha value is -6.60. The smallest absolute Gasteiger partial charge is 0.205 e. The SMILES string of the molecule is CCc1cc(OCc2ccc(-c3ccccc3-c3nnn(C(c4ccccc4)(c4ccccc4)c4ccccc4)n3)cc2)c2cc(OC)ccc2n1. The highest BCUT2D eigenvalue weighted by Crippen LogP contribution is 2.40. The maximum absolute atomic E-state index is 6.40. The van der Waals surface area contributed by atoms with Gasteiger partial charge in [-0.15, -0.1) is 15.0 Å². The van der Waals surface area contributed by atoms with E-state index < -0.39 is 5.54 Å². The van der Waals surface area contributed by atoms with Gasteiger partial charge in [0.1, 0.15) is 18.1 Å². The van der Waals surface area contributed by atoms with E-state index in [2.05, 4.69) is 116 Å². The van der Waals surface area contributed by atoms with Gasteiger partial charge in [0.05, 0.1) is 12.6 Å². The second-order valence-corrected chi connectivity index (χ2v) is 12.6. The maximum atomic E-state index is 6.40. The third kappa shape index (κ3) is 6.07. The van der Waals surface area contributed by atoms with Gasteiger partial charge in [-0.1, -0.05) is 146 Å². The Bertz CT molecular complexity index is 2330. The van der Waals surface area contributed by atoms with E-state index in [1.54, 1.807) is 11.9 Å². The van der Waals surface area contributed by atoms with E-state index in [4.69, 9.17) is 29.9 Å². The molecule has 2 heterocycles. The largest absolute Gasteiger partial charge is 0.497 e. The number of pyridine rings is 1. The number of ether oxygens (including phenoxy) is 2. The molecular weight excluding hydrogens is 643 g/mol. The van der Waals surface area contributed by atoms with Crippen LogP contribution in [-0.4, -0.2) is 32.3 Å². The van der Waals surface area contributed by atoms with Crippen LogP contribution in [0.2, 0.25) is 0 Å². The van der Waals surface area contributed by atoms with Crippen molar-refractivity contribution in [1.29, 1.82) is 0 Å². The Balaban J connectivity index is 1.13. The molecule has 7 heteroatoms. The first kappa shape index (κ1) is 32.6. The Morgan fingerprint density at radius 1 is 0.635 bits per heavy atom. The summed E-state index contributed by atoms with van der Waals surface area (Å²) in [5, 5.41) is 15.6. The summed E-state index contributed by atoms with van der Waals surface area (Å²) < 4.78 is 11.9. The maximum Gasteiger partial charge on any atom is 0.205 e. The number of aromatic nitrogens is 5. The van der Waals surface area contributed by atoms with Crippen LogP contribution in [0.1, 0.15) is 34.9 Å². The van der Waals surface area contributed by atoms with Crippen LogP contribution in [0.4, 0.5) is 0 Å². The van der Waals surface area contributed by atoms with E-state index in [1.165, 1.54) is 0 Å². The van der Waals surface area contributed by atoms with Gasteiger partial charge in [-0.25, -0.2) is 0 Å². The minimum absolute atomic E-state index is 0.415. The van der Waals surface area contributed by atoms with Gasteiger partial charge in [0, 0.05) is 22.7 Å². The molecule has 0 bridgehead atoms. The molecule has 0 fully saturated rings. The molecule has 0 aliphatic heterocycles. The van der Waals surface area contributed by atoms with Gasteiger partial charge in [-0.05, 0) is 63.2 Å². The molecule has 0 amide bonds. The van der Waals surface area contributed by atoms with Gasteiger partial charge in [-0.3, -0.25) is 4.98 Å². The third-order valence-corrected chi connectivity index (χ3v) is 9.51. The van der Waals surface area contributed by atoms with Crippen molar-refractivity contribution >= 4 is 10.9 Å². The minimum Gasteiger partial charge on any atom is -0.497 e. The summed E-state index contributed by atoms with van der Waals surface area (Å²) in [7, 11) is 1.67. The number of aryl methyl sites for hydroxylation is 1. The van der Waals surface area contributed by atoms with Crippen LogP contribution in [0.25, 0.3) is 33.4 Å². The highest BCUT2D eigenvalue weighted by molar-refractivity contribution is 5.86. The lowest BCUT2D eigenvalue weighted by Crippen LogP contribution is -2.39. The summed E-state index contributed by atoms with van der Waals surface area (Å²) in [6.45, 7) is 2.51.